The van der Waals surface area contributed by atoms with E-state index in [0.717, 1.165) is 21.8 Å². The average Bonchev–Trinajstić information content (AvgIpc) is 2.91. The summed E-state index contributed by atoms with van der Waals surface area (Å²) in [7, 11) is 0. The lowest BCUT2D eigenvalue weighted by Gasteiger charge is -2.02. The first kappa shape index (κ1) is 14.0. The van der Waals surface area contributed by atoms with Gasteiger partial charge in [-0.2, -0.15) is 0 Å². The molecule has 21 heavy (non-hydrogen) atoms. The fourth-order valence-corrected chi connectivity index (χ4v) is 3.11. The van der Waals surface area contributed by atoms with Crippen molar-refractivity contribution >= 4 is 28.6 Å². The number of hydrogen-bond donors (Lipinski definition) is 1. The summed E-state index contributed by atoms with van der Waals surface area (Å²) in [5, 5.41) is 3.35. The summed E-state index contributed by atoms with van der Waals surface area (Å²) < 4.78 is 13.0. The van der Waals surface area contributed by atoms with Gasteiger partial charge in [-0.25, -0.2) is 9.37 Å². The lowest BCUT2D eigenvalue weighted by Crippen LogP contribution is -1.90. The molecule has 1 aromatic heterocycles. The van der Waals surface area contributed by atoms with Gasteiger partial charge in [-0.05, 0) is 29.8 Å². The van der Waals surface area contributed by atoms with Crippen LogP contribution >= 0.6 is 22.9 Å². The van der Waals surface area contributed by atoms with Crippen molar-refractivity contribution in [3.05, 3.63) is 69.3 Å². The standard InChI is InChI=1S/C16H12ClFN2S/c17-14-8-12(18)5-4-10(14)7-16-20-15(9-21-16)11-2-1-3-13(19)6-11/h1-6,8-9H,7,19H2. The summed E-state index contributed by atoms with van der Waals surface area (Å²) in [6.07, 6.45) is 0.589. The third-order valence-electron chi connectivity index (χ3n) is 3.09. The second-order valence-electron chi connectivity index (χ2n) is 4.66. The van der Waals surface area contributed by atoms with Crippen molar-refractivity contribution in [3.8, 4) is 11.3 Å². The molecule has 3 rings (SSSR count). The number of hydrogen-bond acceptors (Lipinski definition) is 3. The highest BCUT2D eigenvalue weighted by atomic mass is 35.5. The fourth-order valence-electron chi connectivity index (χ4n) is 2.05. The quantitative estimate of drug-likeness (QED) is 0.706. The lowest BCUT2D eigenvalue weighted by atomic mass is 10.1. The maximum absolute atomic E-state index is 13.0. The smallest absolute Gasteiger partial charge is 0.124 e. The van der Waals surface area contributed by atoms with Gasteiger partial charge < -0.3 is 5.73 Å². The Kier molecular flexibility index (Phi) is 3.90. The zero-order valence-electron chi connectivity index (χ0n) is 11.0. The lowest BCUT2D eigenvalue weighted by molar-refractivity contribution is 0.627. The summed E-state index contributed by atoms with van der Waals surface area (Å²) in [6.45, 7) is 0. The van der Waals surface area contributed by atoms with E-state index in [1.54, 1.807) is 17.4 Å². The molecule has 3 aromatic rings. The zero-order valence-corrected chi connectivity index (χ0v) is 12.6. The fraction of sp³-hybridized carbons (Fsp3) is 0.0625. The first-order valence-electron chi connectivity index (χ1n) is 6.36. The van der Waals surface area contributed by atoms with Crippen LogP contribution in [0.15, 0.2) is 47.8 Å². The minimum atomic E-state index is -0.330. The number of halogens is 2. The molecule has 0 bridgehead atoms. The van der Waals surface area contributed by atoms with E-state index >= 15 is 0 Å². The van der Waals surface area contributed by atoms with Crippen LogP contribution in [0.5, 0.6) is 0 Å². The van der Waals surface area contributed by atoms with Crippen molar-refractivity contribution in [2.45, 2.75) is 6.42 Å². The van der Waals surface area contributed by atoms with Gasteiger partial charge in [-0.1, -0.05) is 29.8 Å². The van der Waals surface area contributed by atoms with E-state index in [1.807, 2.05) is 29.6 Å². The molecule has 0 radical (unpaired) electrons. The van der Waals surface area contributed by atoms with Crippen molar-refractivity contribution in [2.75, 3.05) is 5.73 Å². The number of nitrogen functional groups attached to an aromatic ring is 1. The summed E-state index contributed by atoms with van der Waals surface area (Å²) in [5.74, 6) is -0.330. The Hall–Kier alpha value is -1.91. The van der Waals surface area contributed by atoms with Crippen LogP contribution in [0.1, 0.15) is 10.6 Å². The van der Waals surface area contributed by atoms with Crippen LogP contribution < -0.4 is 5.73 Å². The van der Waals surface area contributed by atoms with E-state index in [1.165, 1.54) is 12.1 Å². The summed E-state index contributed by atoms with van der Waals surface area (Å²) in [6, 6.07) is 12.0. The second-order valence-corrected chi connectivity index (χ2v) is 6.01. The van der Waals surface area contributed by atoms with E-state index in [4.69, 9.17) is 17.3 Å². The first-order chi connectivity index (χ1) is 10.1. The van der Waals surface area contributed by atoms with Gasteiger partial charge in [0.25, 0.3) is 0 Å². The van der Waals surface area contributed by atoms with Crippen LogP contribution in [0.25, 0.3) is 11.3 Å². The molecular weight excluding hydrogens is 307 g/mol. The molecule has 0 amide bonds. The number of anilines is 1. The second kappa shape index (κ2) is 5.84. The highest BCUT2D eigenvalue weighted by Crippen LogP contribution is 2.26. The van der Waals surface area contributed by atoms with Crippen molar-refractivity contribution in [1.29, 1.82) is 0 Å². The van der Waals surface area contributed by atoms with E-state index in [-0.39, 0.29) is 5.82 Å². The minimum Gasteiger partial charge on any atom is -0.399 e. The van der Waals surface area contributed by atoms with E-state index < -0.39 is 0 Å². The minimum absolute atomic E-state index is 0.330. The van der Waals surface area contributed by atoms with Gasteiger partial charge in [0.05, 0.1) is 10.7 Å². The number of nitrogens with two attached hydrogens (primary N) is 1. The molecule has 0 saturated carbocycles. The van der Waals surface area contributed by atoms with Crippen molar-refractivity contribution < 1.29 is 4.39 Å². The number of rotatable bonds is 3. The summed E-state index contributed by atoms with van der Waals surface area (Å²) in [5.41, 5.74) is 9.24. The normalized spacial score (nSPS) is 10.8. The molecule has 0 aliphatic rings. The predicted octanol–water partition coefficient (Wildman–Crippen LogP) is 4.78. The molecular formula is C16H12ClFN2S. The first-order valence-corrected chi connectivity index (χ1v) is 7.62. The number of aromatic nitrogens is 1. The highest BCUT2D eigenvalue weighted by Gasteiger charge is 2.08. The Morgan fingerprint density at radius 2 is 2.05 bits per heavy atom. The van der Waals surface area contributed by atoms with Gasteiger partial charge in [0.15, 0.2) is 0 Å². The number of nitrogens with zero attached hydrogens (tertiary/aromatic N) is 1. The largest absolute Gasteiger partial charge is 0.399 e. The van der Waals surface area contributed by atoms with Gasteiger partial charge in [-0.15, -0.1) is 11.3 Å². The van der Waals surface area contributed by atoms with Crippen LogP contribution in [0, 0.1) is 5.82 Å². The van der Waals surface area contributed by atoms with Crippen LogP contribution in [0.4, 0.5) is 10.1 Å². The maximum atomic E-state index is 13.0. The average molecular weight is 319 g/mol. The van der Waals surface area contributed by atoms with Gasteiger partial charge >= 0.3 is 0 Å². The molecule has 0 atom stereocenters. The van der Waals surface area contributed by atoms with Gasteiger partial charge in [0, 0.05) is 28.1 Å². The number of thiazole rings is 1. The molecule has 0 fully saturated rings. The van der Waals surface area contributed by atoms with E-state index in [0.29, 0.717) is 17.1 Å². The van der Waals surface area contributed by atoms with Crippen molar-refractivity contribution in [1.82, 2.24) is 4.98 Å². The van der Waals surface area contributed by atoms with Crippen molar-refractivity contribution in [3.63, 3.8) is 0 Å². The Balaban J connectivity index is 1.85. The molecule has 0 aliphatic heterocycles. The van der Waals surface area contributed by atoms with E-state index in [2.05, 4.69) is 4.98 Å². The topological polar surface area (TPSA) is 38.9 Å². The molecule has 0 saturated heterocycles. The Labute approximate surface area is 131 Å². The third-order valence-corrected chi connectivity index (χ3v) is 4.29. The molecule has 2 N–H and O–H groups in total. The third kappa shape index (κ3) is 3.23. The molecule has 106 valence electrons. The monoisotopic (exact) mass is 318 g/mol. The number of benzene rings is 2. The predicted molar refractivity (Wildman–Crippen MR) is 86.2 cm³/mol. The van der Waals surface area contributed by atoms with Crippen LogP contribution in [0.3, 0.4) is 0 Å². The molecule has 0 aliphatic carbocycles. The molecule has 0 unspecified atom stereocenters. The Bertz CT molecular complexity index is 785. The van der Waals surface area contributed by atoms with E-state index in [9.17, 15) is 4.39 Å². The zero-order chi connectivity index (χ0) is 14.8. The molecule has 0 spiro atoms. The van der Waals surface area contributed by atoms with Crippen LogP contribution in [-0.2, 0) is 6.42 Å². The van der Waals surface area contributed by atoms with Gasteiger partial charge in [0.2, 0.25) is 0 Å². The Morgan fingerprint density at radius 1 is 1.19 bits per heavy atom. The van der Waals surface area contributed by atoms with Crippen LogP contribution in [-0.4, -0.2) is 4.98 Å². The highest BCUT2D eigenvalue weighted by molar-refractivity contribution is 7.10. The SMILES string of the molecule is Nc1cccc(-c2csc(Cc3ccc(F)cc3Cl)n2)c1. The molecule has 1 heterocycles. The molecule has 2 nitrogen and oxygen atoms in total. The molecule has 2 aromatic carbocycles. The summed E-state index contributed by atoms with van der Waals surface area (Å²) >= 11 is 7.60. The van der Waals surface area contributed by atoms with Gasteiger partial charge in [0.1, 0.15) is 5.82 Å². The maximum Gasteiger partial charge on any atom is 0.124 e. The molecule has 5 heteroatoms. The van der Waals surface area contributed by atoms with Crippen LogP contribution in [0.2, 0.25) is 5.02 Å². The van der Waals surface area contributed by atoms with Gasteiger partial charge in [-0.3, -0.25) is 0 Å². The Morgan fingerprint density at radius 3 is 2.81 bits per heavy atom. The summed E-state index contributed by atoms with van der Waals surface area (Å²) in [4.78, 5) is 4.59. The van der Waals surface area contributed by atoms with Crippen molar-refractivity contribution in [2.24, 2.45) is 0 Å².